The summed E-state index contributed by atoms with van der Waals surface area (Å²) in [7, 11) is 0. The Labute approximate surface area is 163 Å². The Morgan fingerprint density at radius 1 is 0.926 bits per heavy atom. The van der Waals surface area contributed by atoms with Crippen molar-refractivity contribution in [2.75, 3.05) is 0 Å². The van der Waals surface area contributed by atoms with Gasteiger partial charge in [0.05, 0.1) is 6.10 Å². The van der Waals surface area contributed by atoms with Crippen LogP contribution >= 0.6 is 0 Å². The average Bonchev–Trinajstić information content (AvgIpc) is 2.61. The number of halogens is 1. The van der Waals surface area contributed by atoms with Gasteiger partial charge in [0.2, 0.25) is 0 Å². The summed E-state index contributed by atoms with van der Waals surface area (Å²) in [6.45, 7) is 12.6. The van der Waals surface area contributed by atoms with Crippen molar-refractivity contribution in [3.05, 3.63) is 52.6 Å². The Morgan fingerprint density at radius 3 is 2.00 bits per heavy atom. The molecular weight excluding hydrogens is 337 g/mol. The van der Waals surface area contributed by atoms with Crippen LogP contribution in [0.4, 0.5) is 4.39 Å². The first-order chi connectivity index (χ1) is 12.8. The van der Waals surface area contributed by atoms with E-state index in [1.54, 1.807) is 6.92 Å². The van der Waals surface area contributed by atoms with E-state index >= 15 is 0 Å². The third-order valence-electron chi connectivity index (χ3n) is 5.07. The Bertz CT molecular complexity index is 748. The Morgan fingerprint density at radius 2 is 1.52 bits per heavy atom. The zero-order chi connectivity index (χ0) is 20.1. The summed E-state index contributed by atoms with van der Waals surface area (Å²) >= 11 is 0. The molecule has 0 saturated carbocycles. The second kappa shape index (κ2) is 9.45. The number of benzene rings is 1. The molecule has 148 valence electrons. The summed E-state index contributed by atoms with van der Waals surface area (Å²) in [6, 6.07) is 6.66. The minimum atomic E-state index is -0.624. The standard InChI is InChI=1S/C24H34FNO/c1-7-8-9-10-20-22(18-11-13-19(25)14-12-18)21(17(6)27)24(16(4)5)26-23(20)15(2)3/h11-17,27H,7-10H2,1-6H3. The molecule has 0 radical (unpaired) electrons. The molecule has 0 fully saturated rings. The molecule has 0 saturated heterocycles. The van der Waals surface area contributed by atoms with E-state index in [1.165, 1.54) is 17.7 Å². The molecule has 1 aromatic carbocycles. The molecule has 3 heteroatoms. The normalized spacial score (nSPS) is 12.8. The van der Waals surface area contributed by atoms with Crippen LogP contribution in [-0.2, 0) is 6.42 Å². The van der Waals surface area contributed by atoms with Crippen molar-refractivity contribution in [2.45, 2.75) is 85.2 Å². The number of aliphatic hydroxyl groups is 1. The SMILES string of the molecule is CCCCCc1c(C(C)C)nc(C(C)C)c(C(C)O)c1-c1ccc(F)cc1. The van der Waals surface area contributed by atoms with Crippen LogP contribution in [0.3, 0.4) is 0 Å². The lowest BCUT2D eigenvalue weighted by molar-refractivity contribution is 0.197. The predicted molar refractivity (Wildman–Crippen MR) is 112 cm³/mol. The lowest BCUT2D eigenvalue weighted by Crippen LogP contribution is -2.14. The monoisotopic (exact) mass is 371 g/mol. The van der Waals surface area contributed by atoms with Crippen LogP contribution in [-0.4, -0.2) is 10.1 Å². The third-order valence-corrected chi connectivity index (χ3v) is 5.07. The molecule has 0 aliphatic carbocycles. The number of hydrogen-bond donors (Lipinski definition) is 1. The van der Waals surface area contributed by atoms with Gasteiger partial charge in [-0.05, 0) is 60.4 Å². The minimum Gasteiger partial charge on any atom is -0.389 e. The molecule has 1 heterocycles. The van der Waals surface area contributed by atoms with Crippen molar-refractivity contribution in [1.82, 2.24) is 4.98 Å². The minimum absolute atomic E-state index is 0.205. The number of rotatable bonds is 8. The van der Waals surface area contributed by atoms with Crippen molar-refractivity contribution in [1.29, 1.82) is 0 Å². The van der Waals surface area contributed by atoms with E-state index in [-0.39, 0.29) is 11.7 Å². The maximum Gasteiger partial charge on any atom is 0.123 e. The van der Waals surface area contributed by atoms with Gasteiger partial charge in [-0.15, -0.1) is 0 Å². The Balaban J connectivity index is 2.84. The van der Waals surface area contributed by atoms with E-state index in [9.17, 15) is 9.50 Å². The van der Waals surface area contributed by atoms with Crippen LogP contribution in [0.2, 0.25) is 0 Å². The maximum absolute atomic E-state index is 13.6. The highest BCUT2D eigenvalue weighted by Gasteiger charge is 2.25. The number of aliphatic hydroxyl groups excluding tert-OH is 1. The van der Waals surface area contributed by atoms with Gasteiger partial charge in [0.25, 0.3) is 0 Å². The van der Waals surface area contributed by atoms with Crippen LogP contribution in [0.15, 0.2) is 24.3 Å². The van der Waals surface area contributed by atoms with Gasteiger partial charge < -0.3 is 5.11 Å². The van der Waals surface area contributed by atoms with Gasteiger partial charge in [-0.3, -0.25) is 4.98 Å². The zero-order valence-corrected chi connectivity index (χ0v) is 17.6. The molecule has 0 spiro atoms. The van der Waals surface area contributed by atoms with E-state index in [4.69, 9.17) is 4.98 Å². The van der Waals surface area contributed by atoms with E-state index in [0.717, 1.165) is 53.8 Å². The number of pyridine rings is 1. The molecule has 1 aromatic heterocycles. The highest BCUT2D eigenvalue weighted by Crippen LogP contribution is 2.40. The molecule has 0 bridgehead atoms. The van der Waals surface area contributed by atoms with Gasteiger partial charge in [0.1, 0.15) is 5.82 Å². The van der Waals surface area contributed by atoms with E-state index in [0.29, 0.717) is 5.92 Å². The fourth-order valence-electron chi connectivity index (χ4n) is 3.77. The fraction of sp³-hybridized carbons (Fsp3) is 0.542. The third kappa shape index (κ3) is 4.95. The first-order valence-electron chi connectivity index (χ1n) is 10.3. The zero-order valence-electron chi connectivity index (χ0n) is 17.6. The number of hydrogen-bond acceptors (Lipinski definition) is 2. The molecule has 0 aliphatic rings. The van der Waals surface area contributed by atoms with Gasteiger partial charge in [0, 0.05) is 17.0 Å². The van der Waals surface area contributed by atoms with E-state index < -0.39 is 6.10 Å². The molecule has 1 N–H and O–H groups in total. The van der Waals surface area contributed by atoms with Gasteiger partial charge >= 0.3 is 0 Å². The number of aromatic nitrogens is 1. The lowest BCUT2D eigenvalue weighted by atomic mass is 9.83. The quantitative estimate of drug-likeness (QED) is 0.511. The molecule has 0 aliphatic heterocycles. The summed E-state index contributed by atoms with van der Waals surface area (Å²) in [5.74, 6) is 0.254. The van der Waals surface area contributed by atoms with E-state index in [1.807, 2.05) is 12.1 Å². The molecular formula is C24H34FNO. The maximum atomic E-state index is 13.6. The summed E-state index contributed by atoms with van der Waals surface area (Å²) in [5, 5.41) is 10.7. The van der Waals surface area contributed by atoms with Crippen LogP contribution in [0.5, 0.6) is 0 Å². The van der Waals surface area contributed by atoms with E-state index in [2.05, 4.69) is 34.6 Å². The first-order valence-corrected chi connectivity index (χ1v) is 10.3. The second-order valence-electron chi connectivity index (χ2n) is 8.10. The lowest BCUT2D eigenvalue weighted by Gasteiger charge is -2.26. The Hall–Kier alpha value is -1.74. The molecule has 1 unspecified atom stereocenters. The largest absolute Gasteiger partial charge is 0.389 e. The van der Waals surface area contributed by atoms with Gasteiger partial charge in [0.15, 0.2) is 0 Å². The highest BCUT2D eigenvalue weighted by molar-refractivity contribution is 5.73. The Kier molecular flexibility index (Phi) is 7.55. The molecule has 1 atom stereocenters. The second-order valence-corrected chi connectivity index (χ2v) is 8.10. The first kappa shape index (κ1) is 21.6. The molecule has 0 amide bonds. The van der Waals surface area contributed by atoms with Gasteiger partial charge in [-0.25, -0.2) is 4.39 Å². The summed E-state index contributed by atoms with van der Waals surface area (Å²) in [4.78, 5) is 5.04. The average molecular weight is 372 g/mol. The number of unbranched alkanes of at least 4 members (excludes halogenated alkanes) is 2. The van der Waals surface area contributed by atoms with Crippen LogP contribution in [0.1, 0.15) is 101 Å². The van der Waals surface area contributed by atoms with Crippen LogP contribution < -0.4 is 0 Å². The van der Waals surface area contributed by atoms with Crippen molar-refractivity contribution in [3.63, 3.8) is 0 Å². The summed E-state index contributed by atoms with van der Waals surface area (Å²) in [5.41, 5.74) is 6.19. The molecule has 2 rings (SSSR count). The van der Waals surface area contributed by atoms with Crippen molar-refractivity contribution in [3.8, 4) is 11.1 Å². The van der Waals surface area contributed by atoms with Gasteiger partial charge in [-0.1, -0.05) is 59.6 Å². The number of nitrogens with zero attached hydrogens (tertiary/aromatic N) is 1. The van der Waals surface area contributed by atoms with Crippen molar-refractivity contribution < 1.29 is 9.50 Å². The highest BCUT2D eigenvalue weighted by atomic mass is 19.1. The van der Waals surface area contributed by atoms with Crippen LogP contribution in [0.25, 0.3) is 11.1 Å². The molecule has 2 nitrogen and oxygen atoms in total. The molecule has 27 heavy (non-hydrogen) atoms. The fourth-order valence-corrected chi connectivity index (χ4v) is 3.77. The summed E-state index contributed by atoms with van der Waals surface area (Å²) in [6.07, 6.45) is 3.71. The molecule has 2 aromatic rings. The van der Waals surface area contributed by atoms with Gasteiger partial charge in [-0.2, -0.15) is 0 Å². The van der Waals surface area contributed by atoms with Crippen molar-refractivity contribution in [2.24, 2.45) is 0 Å². The predicted octanol–water partition coefficient (Wildman–Crippen LogP) is 6.92. The summed E-state index contributed by atoms with van der Waals surface area (Å²) < 4.78 is 13.6. The topological polar surface area (TPSA) is 33.1 Å². The van der Waals surface area contributed by atoms with Crippen molar-refractivity contribution >= 4 is 0 Å². The smallest absolute Gasteiger partial charge is 0.123 e. The van der Waals surface area contributed by atoms with Crippen LogP contribution in [0, 0.1) is 5.82 Å².